The Balaban J connectivity index is 1.61. The standard InChI is InChI=1S/C26H23N5O6S/c1-14-7-9-18(37-14)22(25(33)29-12-15-5-3-2-4-6-15)31(16-8-10-17-19(11-16)36-13-35-17)26(34)23-20(27)21(24(28)32)30-38-23/h2-11,22H,12-13,27H2,1H3,(H2,28,32)(H,29,33)/t22-/m1/s1. The number of hydrogen-bond donors (Lipinski definition) is 3. The third-order valence-electron chi connectivity index (χ3n) is 5.86. The van der Waals surface area contributed by atoms with Gasteiger partial charge in [-0.1, -0.05) is 30.3 Å². The van der Waals surface area contributed by atoms with Gasteiger partial charge in [0.15, 0.2) is 23.2 Å². The lowest BCUT2D eigenvalue weighted by Crippen LogP contribution is -2.43. The molecular formula is C26H23N5O6S. The molecule has 2 aromatic heterocycles. The topological polar surface area (TPSA) is 163 Å². The van der Waals surface area contributed by atoms with Gasteiger partial charge in [0.25, 0.3) is 17.7 Å². The molecule has 12 heteroatoms. The van der Waals surface area contributed by atoms with E-state index in [0.29, 0.717) is 34.5 Å². The first-order valence-electron chi connectivity index (χ1n) is 11.5. The molecule has 5 rings (SSSR count). The number of fused-ring (bicyclic) bond motifs is 1. The number of aryl methyl sites for hydroxylation is 1. The van der Waals surface area contributed by atoms with Crippen molar-refractivity contribution in [3.63, 3.8) is 0 Å². The number of primary amides is 1. The summed E-state index contributed by atoms with van der Waals surface area (Å²) in [6, 6.07) is 16.2. The summed E-state index contributed by atoms with van der Waals surface area (Å²) in [7, 11) is 0. The predicted octanol–water partition coefficient (Wildman–Crippen LogP) is 3.16. The van der Waals surface area contributed by atoms with Gasteiger partial charge >= 0.3 is 0 Å². The Morgan fingerprint density at radius 3 is 2.53 bits per heavy atom. The summed E-state index contributed by atoms with van der Waals surface area (Å²) in [5.74, 6) is -0.397. The molecular weight excluding hydrogens is 510 g/mol. The lowest BCUT2D eigenvalue weighted by atomic mass is 10.1. The third kappa shape index (κ3) is 4.76. The first-order valence-corrected chi connectivity index (χ1v) is 12.3. The van der Waals surface area contributed by atoms with Crippen LogP contribution < -0.4 is 31.2 Å². The van der Waals surface area contributed by atoms with E-state index in [4.69, 9.17) is 25.4 Å². The summed E-state index contributed by atoms with van der Waals surface area (Å²) in [5.41, 5.74) is 12.2. The predicted molar refractivity (Wildman–Crippen MR) is 139 cm³/mol. The molecule has 0 unspecified atom stereocenters. The average Bonchev–Trinajstić information content (AvgIpc) is 3.65. The number of ether oxygens (including phenoxy) is 2. The summed E-state index contributed by atoms with van der Waals surface area (Å²) >= 11 is 0.715. The fraction of sp³-hybridized carbons (Fsp3) is 0.154. The van der Waals surface area contributed by atoms with E-state index in [1.807, 2.05) is 30.3 Å². The SMILES string of the molecule is Cc1ccc([C@H](C(=O)NCc2ccccc2)N(C(=O)c2snc(C(N)=O)c2N)c2ccc3c(c2)OCO3)o1. The number of nitrogens with zero attached hydrogens (tertiary/aromatic N) is 2. The van der Waals surface area contributed by atoms with Gasteiger partial charge in [-0.15, -0.1) is 0 Å². The van der Waals surface area contributed by atoms with Crippen molar-refractivity contribution in [3.8, 4) is 11.5 Å². The molecule has 0 spiro atoms. The van der Waals surface area contributed by atoms with Crippen LogP contribution in [0.5, 0.6) is 11.5 Å². The number of carbonyl (C=O) groups excluding carboxylic acids is 3. The molecule has 2 aromatic carbocycles. The van der Waals surface area contributed by atoms with Crippen LogP contribution in [0, 0.1) is 6.92 Å². The summed E-state index contributed by atoms with van der Waals surface area (Å²) in [6.07, 6.45) is 0. The van der Waals surface area contributed by atoms with E-state index >= 15 is 0 Å². The molecule has 0 saturated carbocycles. The van der Waals surface area contributed by atoms with Crippen molar-refractivity contribution in [2.75, 3.05) is 17.4 Å². The van der Waals surface area contributed by atoms with Crippen molar-refractivity contribution in [2.45, 2.75) is 19.5 Å². The fourth-order valence-corrected chi connectivity index (χ4v) is 4.76. The van der Waals surface area contributed by atoms with Gasteiger partial charge in [0.05, 0.1) is 5.69 Å². The molecule has 5 N–H and O–H groups in total. The van der Waals surface area contributed by atoms with Crippen molar-refractivity contribution < 1.29 is 28.3 Å². The van der Waals surface area contributed by atoms with Crippen LogP contribution in [-0.2, 0) is 11.3 Å². The van der Waals surface area contributed by atoms with Crippen LogP contribution in [0.3, 0.4) is 0 Å². The number of nitrogens with two attached hydrogens (primary N) is 2. The van der Waals surface area contributed by atoms with Crippen molar-refractivity contribution in [2.24, 2.45) is 5.73 Å². The Hall–Kier alpha value is -4.84. The number of benzene rings is 2. The second-order valence-corrected chi connectivity index (χ2v) is 9.18. The van der Waals surface area contributed by atoms with Gasteiger partial charge in [0, 0.05) is 18.3 Å². The second-order valence-electron chi connectivity index (χ2n) is 8.41. The molecule has 11 nitrogen and oxygen atoms in total. The van der Waals surface area contributed by atoms with E-state index in [9.17, 15) is 14.4 Å². The molecule has 38 heavy (non-hydrogen) atoms. The molecule has 0 saturated heterocycles. The van der Waals surface area contributed by atoms with Gasteiger partial charge in [0.1, 0.15) is 16.4 Å². The highest BCUT2D eigenvalue weighted by Gasteiger charge is 2.38. The van der Waals surface area contributed by atoms with E-state index in [1.54, 1.807) is 37.3 Å². The number of nitrogens with one attached hydrogen (secondary N) is 1. The average molecular weight is 534 g/mol. The van der Waals surface area contributed by atoms with Crippen LogP contribution in [0.15, 0.2) is 65.1 Å². The minimum atomic E-state index is -1.25. The Kier molecular flexibility index (Phi) is 6.71. The zero-order valence-corrected chi connectivity index (χ0v) is 21.0. The van der Waals surface area contributed by atoms with E-state index in [-0.39, 0.29) is 35.4 Å². The number of hydrogen-bond acceptors (Lipinski definition) is 9. The molecule has 0 fully saturated rings. The zero-order valence-electron chi connectivity index (χ0n) is 20.2. The van der Waals surface area contributed by atoms with Crippen LogP contribution in [0.25, 0.3) is 0 Å². The number of furan rings is 1. The minimum absolute atomic E-state index is 0.0227. The van der Waals surface area contributed by atoms with Gasteiger partial charge in [0.2, 0.25) is 6.79 Å². The number of nitrogen functional groups attached to an aromatic ring is 1. The van der Waals surface area contributed by atoms with Crippen LogP contribution in [0.2, 0.25) is 0 Å². The van der Waals surface area contributed by atoms with E-state index in [0.717, 1.165) is 5.56 Å². The van der Waals surface area contributed by atoms with Crippen LogP contribution in [0.4, 0.5) is 11.4 Å². The summed E-state index contributed by atoms with van der Waals surface area (Å²) in [6.45, 7) is 1.97. The fourth-order valence-electron chi connectivity index (χ4n) is 4.01. The summed E-state index contributed by atoms with van der Waals surface area (Å²) in [5, 5.41) is 2.89. The highest BCUT2D eigenvalue weighted by Crippen LogP contribution is 2.40. The van der Waals surface area contributed by atoms with Gasteiger partial charge in [-0.05, 0) is 48.3 Å². The molecule has 1 atom stereocenters. The van der Waals surface area contributed by atoms with Crippen molar-refractivity contribution in [3.05, 3.63) is 88.3 Å². The van der Waals surface area contributed by atoms with Crippen molar-refractivity contribution in [1.82, 2.24) is 9.69 Å². The van der Waals surface area contributed by atoms with Gasteiger partial charge in [-0.25, -0.2) is 0 Å². The highest BCUT2D eigenvalue weighted by atomic mass is 32.1. The first kappa shape index (κ1) is 24.8. The Morgan fingerprint density at radius 2 is 1.84 bits per heavy atom. The van der Waals surface area contributed by atoms with Crippen molar-refractivity contribution in [1.29, 1.82) is 0 Å². The van der Waals surface area contributed by atoms with Gasteiger partial charge in [-0.2, -0.15) is 4.37 Å². The minimum Gasteiger partial charge on any atom is -0.464 e. The largest absolute Gasteiger partial charge is 0.464 e. The number of amides is 3. The lowest BCUT2D eigenvalue weighted by molar-refractivity contribution is -0.123. The normalized spacial score (nSPS) is 12.7. The Bertz CT molecular complexity index is 1520. The molecule has 1 aliphatic rings. The molecule has 3 amide bonds. The summed E-state index contributed by atoms with van der Waals surface area (Å²) in [4.78, 5) is 40.8. The maximum absolute atomic E-state index is 14.1. The number of rotatable bonds is 8. The van der Waals surface area contributed by atoms with Crippen LogP contribution in [0.1, 0.15) is 43.3 Å². The van der Waals surface area contributed by atoms with Gasteiger partial charge in [-0.3, -0.25) is 19.3 Å². The Morgan fingerprint density at radius 1 is 1.08 bits per heavy atom. The highest BCUT2D eigenvalue weighted by molar-refractivity contribution is 7.09. The molecule has 0 aliphatic carbocycles. The van der Waals surface area contributed by atoms with Crippen LogP contribution in [-0.4, -0.2) is 28.9 Å². The molecule has 3 heterocycles. The van der Waals surface area contributed by atoms with E-state index in [2.05, 4.69) is 9.69 Å². The van der Waals surface area contributed by atoms with E-state index < -0.39 is 23.8 Å². The Labute approximate surface area is 221 Å². The number of anilines is 2. The summed E-state index contributed by atoms with van der Waals surface area (Å²) < 4.78 is 20.7. The number of carbonyl (C=O) groups is 3. The van der Waals surface area contributed by atoms with Gasteiger partial charge < -0.3 is 30.7 Å². The lowest BCUT2D eigenvalue weighted by Gasteiger charge is -2.30. The first-order chi connectivity index (χ1) is 18.3. The number of aromatic nitrogens is 1. The quantitative estimate of drug-likeness (QED) is 0.311. The zero-order chi connectivity index (χ0) is 26.8. The molecule has 0 radical (unpaired) electrons. The third-order valence-corrected chi connectivity index (χ3v) is 6.71. The second kappa shape index (κ2) is 10.3. The maximum atomic E-state index is 14.1. The molecule has 1 aliphatic heterocycles. The molecule has 194 valence electrons. The maximum Gasteiger partial charge on any atom is 0.273 e. The molecule has 4 aromatic rings. The monoisotopic (exact) mass is 533 g/mol. The smallest absolute Gasteiger partial charge is 0.273 e. The molecule has 0 bridgehead atoms. The van der Waals surface area contributed by atoms with E-state index in [1.165, 1.54) is 4.90 Å². The van der Waals surface area contributed by atoms with Crippen molar-refractivity contribution >= 4 is 40.6 Å². The van der Waals surface area contributed by atoms with Crippen LogP contribution >= 0.6 is 11.5 Å².